The lowest BCUT2D eigenvalue weighted by Gasteiger charge is -2.08. The summed E-state index contributed by atoms with van der Waals surface area (Å²) in [7, 11) is 0. The van der Waals surface area contributed by atoms with Crippen LogP contribution in [0.4, 0.5) is 4.39 Å². The van der Waals surface area contributed by atoms with Crippen molar-refractivity contribution in [3.8, 4) is 11.8 Å². The van der Waals surface area contributed by atoms with Crippen molar-refractivity contribution in [1.29, 1.82) is 5.26 Å². The fourth-order valence-electron chi connectivity index (χ4n) is 2.54. The molecule has 0 spiro atoms. The molecule has 0 atom stereocenters. The zero-order valence-corrected chi connectivity index (χ0v) is 12.4. The number of H-pyrrole nitrogens is 1. The summed E-state index contributed by atoms with van der Waals surface area (Å²) in [5.41, 5.74) is 1.27. The number of hydrogen-bond donors (Lipinski definition) is 1. The molecule has 6 heteroatoms. The van der Waals surface area contributed by atoms with E-state index in [1.54, 1.807) is 25.1 Å². The van der Waals surface area contributed by atoms with Gasteiger partial charge in [-0.25, -0.2) is 9.18 Å². The molecule has 0 fully saturated rings. The molecular formula is C17H13FN2O3. The summed E-state index contributed by atoms with van der Waals surface area (Å²) in [4.78, 5) is 14.4. The molecule has 5 nitrogen and oxygen atoms in total. The largest absolute Gasteiger partial charge is 0.481 e. The predicted molar refractivity (Wildman–Crippen MR) is 82.6 cm³/mol. The van der Waals surface area contributed by atoms with Crippen LogP contribution in [-0.2, 0) is 9.53 Å². The van der Waals surface area contributed by atoms with E-state index in [9.17, 15) is 14.4 Å². The Morgan fingerprint density at radius 1 is 1.30 bits per heavy atom. The second-order valence-electron chi connectivity index (χ2n) is 4.85. The highest BCUT2D eigenvalue weighted by Crippen LogP contribution is 2.36. The van der Waals surface area contributed by atoms with Crippen LogP contribution in [0.2, 0.25) is 0 Å². The van der Waals surface area contributed by atoms with Crippen LogP contribution in [0.1, 0.15) is 12.5 Å². The lowest BCUT2D eigenvalue weighted by atomic mass is 10.1. The molecule has 23 heavy (non-hydrogen) atoms. The molecule has 3 aromatic rings. The molecule has 1 N–H and O–H groups in total. The van der Waals surface area contributed by atoms with Crippen molar-refractivity contribution in [2.45, 2.75) is 6.92 Å². The summed E-state index contributed by atoms with van der Waals surface area (Å²) in [6.07, 6.45) is 0. The number of hydrogen-bond acceptors (Lipinski definition) is 4. The number of fused-ring (bicyclic) bond motifs is 3. The summed E-state index contributed by atoms with van der Waals surface area (Å²) >= 11 is 0. The van der Waals surface area contributed by atoms with E-state index in [1.807, 2.05) is 0 Å². The fourth-order valence-corrected chi connectivity index (χ4v) is 2.54. The Bertz CT molecular complexity index is 940. The van der Waals surface area contributed by atoms with E-state index < -0.39 is 11.8 Å². The molecule has 0 amide bonds. The SMILES string of the molecule is CCOC(=O)COc1ccc(F)c2[nH]c3cccc(C#N)c3c12. The number of aromatic amines is 1. The van der Waals surface area contributed by atoms with Crippen LogP contribution in [0, 0.1) is 17.1 Å². The molecule has 0 radical (unpaired) electrons. The molecule has 116 valence electrons. The highest BCUT2D eigenvalue weighted by Gasteiger charge is 2.17. The summed E-state index contributed by atoms with van der Waals surface area (Å²) in [6.45, 7) is 1.68. The van der Waals surface area contributed by atoms with Gasteiger partial charge in [-0.3, -0.25) is 0 Å². The van der Waals surface area contributed by atoms with Crippen molar-refractivity contribution in [2.75, 3.05) is 13.2 Å². The summed E-state index contributed by atoms with van der Waals surface area (Å²) in [5, 5.41) is 10.3. The molecular weight excluding hydrogens is 299 g/mol. The smallest absolute Gasteiger partial charge is 0.344 e. The number of carbonyl (C=O) groups is 1. The third-order valence-electron chi connectivity index (χ3n) is 3.46. The third kappa shape index (κ3) is 2.57. The monoisotopic (exact) mass is 312 g/mol. The maximum Gasteiger partial charge on any atom is 0.344 e. The zero-order valence-electron chi connectivity index (χ0n) is 12.4. The third-order valence-corrected chi connectivity index (χ3v) is 3.46. The number of nitrogens with one attached hydrogen (secondary N) is 1. The molecule has 0 bridgehead atoms. The number of carbonyl (C=O) groups excluding carboxylic acids is 1. The van der Waals surface area contributed by atoms with Crippen LogP contribution in [0.15, 0.2) is 30.3 Å². The Morgan fingerprint density at radius 2 is 2.13 bits per heavy atom. The van der Waals surface area contributed by atoms with Crippen molar-refractivity contribution in [2.24, 2.45) is 0 Å². The Balaban J connectivity index is 2.17. The standard InChI is InChI=1S/C17H13FN2O3/c1-2-22-14(21)9-23-13-7-6-11(18)17-16(13)15-10(8-19)4-3-5-12(15)20-17/h3-7,20H,2,9H2,1H3. The maximum atomic E-state index is 14.1. The van der Waals surface area contributed by atoms with Gasteiger partial charge in [0.15, 0.2) is 6.61 Å². The van der Waals surface area contributed by atoms with Gasteiger partial charge in [-0.2, -0.15) is 5.26 Å². The van der Waals surface area contributed by atoms with Crippen molar-refractivity contribution in [1.82, 2.24) is 4.98 Å². The summed E-state index contributed by atoms with van der Waals surface area (Å²) in [6, 6.07) is 9.91. The van der Waals surface area contributed by atoms with Gasteiger partial charge in [0.25, 0.3) is 0 Å². The molecule has 0 unspecified atom stereocenters. The van der Waals surface area contributed by atoms with Crippen molar-refractivity contribution >= 4 is 27.8 Å². The van der Waals surface area contributed by atoms with Crippen molar-refractivity contribution < 1.29 is 18.7 Å². The molecule has 0 aliphatic rings. The number of halogens is 1. The maximum absolute atomic E-state index is 14.1. The molecule has 1 heterocycles. The Hall–Kier alpha value is -3.07. The number of nitrogens with zero attached hydrogens (tertiary/aromatic N) is 1. The van der Waals surface area contributed by atoms with Gasteiger partial charge in [0.05, 0.1) is 29.1 Å². The van der Waals surface area contributed by atoms with Gasteiger partial charge >= 0.3 is 5.97 Å². The van der Waals surface area contributed by atoms with E-state index in [1.165, 1.54) is 12.1 Å². The Kier molecular flexibility index (Phi) is 3.85. The van der Waals surface area contributed by atoms with Crippen molar-refractivity contribution in [3.63, 3.8) is 0 Å². The molecule has 1 aromatic heterocycles. The van der Waals surface area contributed by atoms with E-state index >= 15 is 0 Å². The first-order chi connectivity index (χ1) is 11.2. The quantitative estimate of drug-likeness (QED) is 0.750. The molecule has 2 aromatic carbocycles. The number of rotatable bonds is 4. The van der Waals surface area contributed by atoms with Crippen LogP contribution < -0.4 is 4.74 Å². The molecule has 0 aliphatic heterocycles. The summed E-state index contributed by atoms with van der Waals surface area (Å²) < 4.78 is 24.4. The minimum atomic E-state index is -0.509. The average molecular weight is 312 g/mol. The number of benzene rings is 2. The zero-order chi connectivity index (χ0) is 16.4. The second kappa shape index (κ2) is 5.97. The fraction of sp³-hybridized carbons (Fsp3) is 0.176. The lowest BCUT2D eigenvalue weighted by molar-refractivity contribution is -0.145. The predicted octanol–water partition coefficient (Wildman–Crippen LogP) is 3.27. The van der Waals surface area contributed by atoms with Crippen molar-refractivity contribution in [3.05, 3.63) is 41.7 Å². The molecule has 3 rings (SSSR count). The highest BCUT2D eigenvalue weighted by molar-refractivity contribution is 6.13. The van der Waals surface area contributed by atoms with E-state index in [4.69, 9.17) is 9.47 Å². The van der Waals surface area contributed by atoms with Crippen LogP contribution in [0.25, 0.3) is 21.8 Å². The van der Waals surface area contributed by atoms with Crippen LogP contribution >= 0.6 is 0 Å². The van der Waals surface area contributed by atoms with Gasteiger partial charge in [0.2, 0.25) is 0 Å². The second-order valence-corrected chi connectivity index (χ2v) is 4.85. The minimum Gasteiger partial charge on any atom is -0.481 e. The van der Waals surface area contributed by atoms with E-state index in [0.29, 0.717) is 27.6 Å². The number of nitriles is 1. The van der Waals surface area contributed by atoms with E-state index in [0.717, 1.165) is 0 Å². The lowest BCUT2D eigenvalue weighted by Crippen LogP contribution is -2.14. The first-order valence-corrected chi connectivity index (χ1v) is 7.07. The van der Waals surface area contributed by atoms with Gasteiger partial charge in [-0.05, 0) is 31.2 Å². The topological polar surface area (TPSA) is 75.1 Å². The highest BCUT2D eigenvalue weighted by atomic mass is 19.1. The van der Waals surface area contributed by atoms with Gasteiger partial charge < -0.3 is 14.5 Å². The normalized spacial score (nSPS) is 10.7. The van der Waals surface area contributed by atoms with Gasteiger partial charge in [-0.15, -0.1) is 0 Å². The van der Waals surface area contributed by atoms with E-state index in [-0.39, 0.29) is 18.7 Å². The number of ether oxygens (including phenoxy) is 2. The number of esters is 1. The Morgan fingerprint density at radius 3 is 2.87 bits per heavy atom. The van der Waals surface area contributed by atoms with Crippen LogP contribution in [-0.4, -0.2) is 24.2 Å². The number of aromatic nitrogens is 1. The van der Waals surface area contributed by atoms with Crippen LogP contribution in [0.3, 0.4) is 0 Å². The first kappa shape index (κ1) is 14.9. The minimum absolute atomic E-state index is 0.240. The van der Waals surface area contributed by atoms with Gasteiger partial charge in [-0.1, -0.05) is 6.07 Å². The summed E-state index contributed by atoms with van der Waals surface area (Å²) in [5.74, 6) is -0.641. The molecule has 0 saturated heterocycles. The van der Waals surface area contributed by atoms with E-state index in [2.05, 4.69) is 11.1 Å². The van der Waals surface area contributed by atoms with Gasteiger partial charge in [0.1, 0.15) is 11.6 Å². The Labute approximate surface area is 131 Å². The first-order valence-electron chi connectivity index (χ1n) is 7.07. The molecule has 0 saturated carbocycles. The molecule has 0 aliphatic carbocycles. The van der Waals surface area contributed by atoms with Crippen LogP contribution in [0.5, 0.6) is 5.75 Å². The van der Waals surface area contributed by atoms with Gasteiger partial charge in [0, 0.05) is 10.9 Å². The average Bonchev–Trinajstić information content (AvgIpc) is 2.95.